The third kappa shape index (κ3) is 3.80. The van der Waals surface area contributed by atoms with E-state index < -0.39 is 42.4 Å². The van der Waals surface area contributed by atoms with Gasteiger partial charge in [-0.25, -0.2) is 0 Å². The van der Waals surface area contributed by atoms with Crippen molar-refractivity contribution in [2.75, 3.05) is 0 Å². The largest absolute Gasteiger partial charge is 0.501 e. The minimum absolute atomic E-state index is 0.00553. The highest BCUT2D eigenvalue weighted by atomic mass is 32.2. The van der Waals surface area contributed by atoms with Crippen molar-refractivity contribution in [1.29, 1.82) is 0 Å². The van der Waals surface area contributed by atoms with Crippen molar-refractivity contribution in [1.82, 2.24) is 0 Å². The van der Waals surface area contributed by atoms with Crippen LogP contribution in [0.25, 0.3) is 11.1 Å². The van der Waals surface area contributed by atoms with E-state index in [1.807, 2.05) is 0 Å². The van der Waals surface area contributed by atoms with Crippen molar-refractivity contribution in [3.05, 3.63) is 103 Å². The van der Waals surface area contributed by atoms with E-state index in [-0.39, 0.29) is 45.8 Å². The second-order valence-electron chi connectivity index (χ2n) is 7.06. The standard InChI is InChI=1S/C20H14N4O7S2/c21-23-15-9-8-12-13(19(15)25)6-3-7-17(12)33(29,30)31-20-14-5-2-1-4-11(14)18(32(26,27)28)10-16(20)24-22/h1-4,7-10,25H,5-6H2,(H,26,27,28). The summed E-state index contributed by atoms with van der Waals surface area (Å²) in [6, 6.07) is 0. The molecular formula is C20H14N4O7S2. The normalized spacial score (nSPS) is 20.2. The molecule has 4 aliphatic carbocycles. The molecule has 168 valence electrons. The second kappa shape index (κ2) is 7.93. The van der Waals surface area contributed by atoms with E-state index in [2.05, 4.69) is 9.58 Å². The molecule has 0 bridgehead atoms. The minimum Gasteiger partial charge on any atom is -0.501 e. The summed E-state index contributed by atoms with van der Waals surface area (Å²) in [4.78, 5) is 5.01. The van der Waals surface area contributed by atoms with Gasteiger partial charge >= 0.3 is 21.5 Å². The van der Waals surface area contributed by atoms with E-state index in [0.29, 0.717) is 0 Å². The van der Waals surface area contributed by atoms with Crippen molar-refractivity contribution in [3.63, 3.8) is 0 Å². The maximum absolute atomic E-state index is 13.2. The molecule has 0 fully saturated rings. The molecule has 4 rings (SSSR count). The van der Waals surface area contributed by atoms with Crippen molar-refractivity contribution in [2.24, 2.45) is 0 Å². The number of rotatable bonds is 4. The van der Waals surface area contributed by atoms with Gasteiger partial charge in [-0.15, -0.1) is 0 Å². The molecule has 13 heteroatoms. The zero-order valence-electron chi connectivity index (χ0n) is 16.6. The fraction of sp³-hybridized carbons (Fsp3) is 0.100. The number of allylic oxidation sites excluding steroid dienone is 12. The van der Waals surface area contributed by atoms with E-state index in [4.69, 9.17) is 9.71 Å². The van der Waals surface area contributed by atoms with Crippen LogP contribution in [0.5, 0.6) is 0 Å². The van der Waals surface area contributed by atoms with Crippen LogP contribution in [-0.2, 0) is 24.4 Å². The molecule has 0 saturated carbocycles. The Kier molecular flexibility index (Phi) is 5.36. The molecule has 0 spiro atoms. The molecule has 0 aromatic rings. The minimum atomic E-state index is -4.72. The lowest BCUT2D eigenvalue weighted by Crippen LogP contribution is -2.24. The highest BCUT2D eigenvalue weighted by Crippen LogP contribution is 2.39. The fourth-order valence-corrected chi connectivity index (χ4v) is 5.65. The lowest BCUT2D eigenvalue weighted by atomic mass is 9.91. The average molecular weight is 486 g/mol. The maximum atomic E-state index is 13.2. The van der Waals surface area contributed by atoms with E-state index in [0.717, 1.165) is 6.08 Å². The highest BCUT2D eigenvalue weighted by Gasteiger charge is 2.39. The Morgan fingerprint density at radius 3 is 2.30 bits per heavy atom. The number of fused-ring (bicyclic) bond motifs is 2. The van der Waals surface area contributed by atoms with Gasteiger partial charge in [-0.3, -0.25) is 4.55 Å². The van der Waals surface area contributed by atoms with Crippen molar-refractivity contribution >= 4 is 31.7 Å². The molecule has 0 saturated heterocycles. The molecule has 11 nitrogen and oxygen atoms in total. The Morgan fingerprint density at radius 2 is 1.64 bits per heavy atom. The van der Waals surface area contributed by atoms with Gasteiger partial charge in [-0.05, 0) is 25.0 Å². The van der Waals surface area contributed by atoms with Crippen LogP contribution in [0.15, 0.2) is 92.2 Å². The molecule has 4 aliphatic rings. The first-order valence-corrected chi connectivity index (χ1v) is 12.1. The van der Waals surface area contributed by atoms with Gasteiger partial charge in [0.1, 0.15) is 9.81 Å². The predicted octanol–water partition coefficient (Wildman–Crippen LogP) is 2.20. The maximum Gasteiger partial charge on any atom is 0.360 e. The second-order valence-corrected chi connectivity index (χ2v) is 9.96. The van der Waals surface area contributed by atoms with Gasteiger partial charge in [0, 0.05) is 28.4 Å². The summed E-state index contributed by atoms with van der Waals surface area (Å²) in [7, 11) is -9.32. The molecule has 0 amide bonds. The van der Waals surface area contributed by atoms with Crippen LogP contribution in [-0.4, -0.2) is 47.5 Å². The summed E-state index contributed by atoms with van der Waals surface area (Å²) in [6.07, 6.45) is 10.8. The van der Waals surface area contributed by atoms with Gasteiger partial charge in [-0.1, -0.05) is 24.3 Å². The van der Waals surface area contributed by atoms with Crippen LogP contribution in [0.1, 0.15) is 12.8 Å². The SMILES string of the molecule is [N-]=[N+]=C1C=CC2=C(S(=O)(=O)OC3=C4CC=CC=C4C(S(=O)(=O)O)=CC3=[N+]=[N-])C=CCC2=C1O. The van der Waals surface area contributed by atoms with E-state index in [1.54, 1.807) is 6.08 Å². The first kappa shape index (κ1) is 22.3. The van der Waals surface area contributed by atoms with Gasteiger partial charge in [0.15, 0.2) is 0 Å². The van der Waals surface area contributed by atoms with Gasteiger partial charge in [0.05, 0.1) is 6.08 Å². The first-order valence-electron chi connectivity index (χ1n) is 9.29. The van der Waals surface area contributed by atoms with Crippen LogP contribution in [0.4, 0.5) is 0 Å². The van der Waals surface area contributed by atoms with Gasteiger partial charge < -0.3 is 20.4 Å². The van der Waals surface area contributed by atoms with Gasteiger partial charge in [-0.2, -0.15) is 26.4 Å². The molecular weight excluding hydrogens is 472 g/mol. The Bertz CT molecular complexity index is 1570. The molecule has 0 atom stereocenters. The third-order valence-electron chi connectivity index (χ3n) is 5.16. The summed E-state index contributed by atoms with van der Waals surface area (Å²) in [6.45, 7) is 0. The summed E-state index contributed by atoms with van der Waals surface area (Å²) >= 11 is 0. The van der Waals surface area contributed by atoms with E-state index in [1.165, 1.54) is 36.5 Å². The van der Waals surface area contributed by atoms with Crippen LogP contribution in [0, 0.1) is 0 Å². The van der Waals surface area contributed by atoms with E-state index in [9.17, 15) is 32.0 Å². The first-order chi connectivity index (χ1) is 15.6. The van der Waals surface area contributed by atoms with Crippen LogP contribution >= 0.6 is 0 Å². The number of nitrogens with zero attached hydrogens (tertiary/aromatic N) is 4. The molecule has 0 radical (unpaired) electrons. The molecule has 0 unspecified atom stereocenters. The lowest BCUT2D eigenvalue weighted by molar-refractivity contribution is -0.00610. The molecule has 2 N–H and O–H groups in total. The zero-order valence-corrected chi connectivity index (χ0v) is 18.2. The third-order valence-corrected chi connectivity index (χ3v) is 7.33. The average Bonchev–Trinajstić information content (AvgIpc) is 2.78. The molecule has 33 heavy (non-hydrogen) atoms. The van der Waals surface area contributed by atoms with Crippen molar-refractivity contribution in [2.45, 2.75) is 12.8 Å². The molecule has 0 aromatic carbocycles. The van der Waals surface area contributed by atoms with Crippen LogP contribution in [0.2, 0.25) is 0 Å². The number of aliphatic hydroxyl groups excluding tert-OH is 1. The molecule has 0 aliphatic heterocycles. The molecule has 0 aromatic heterocycles. The number of hydrogen-bond donors (Lipinski definition) is 2. The fourth-order valence-electron chi connectivity index (χ4n) is 3.70. The highest BCUT2D eigenvalue weighted by molar-refractivity contribution is 7.91. The molecule has 0 heterocycles. The van der Waals surface area contributed by atoms with Gasteiger partial charge in [0.2, 0.25) is 11.5 Å². The summed E-state index contributed by atoms with van der Waals surface area (Å²) < 4.78 is 65.0. The van der Waals surface area contributed by atoms with Crippen LogP contribution < -0.4 is 0 Å². The smallest absolute Gasteiger partial charge is 0.360 e. The number of aliphatic hydroxyl groups is 1. The van der Waals surface area contributed by atoms with Crippen molar-refractivity contribution in [3.8, 4) is 0 Å². The topological polar surface area (TPSA) is 191 Å². The monoisotopic (exact) mass is 486 g/mol. The Morgan fingerprint density at radius 1 is 0.939 bits per heavy atom. The summed E-state index contributed by atoms with van der Waals surface area (Å²) in [5.74, 6) is -0.813. The lowest BCUT2D eigenvalue weighted by Gasteiger charge is -2.23. The summed E-state index contributed by atoms with van der Waals surface area (Å²) in [5.41, 5.74) is 18.1. The zero-order chi connectivity index (χ0) is 24.0. The van der Waals surface area contributed by atoms with E-state index >= 15 is 0 Å². The van der Waals surface area contributed by atoms with Crippen molar-refractivity contribution < 1.29 is 40.3 Å². The quantitative estimate of drug-likeness (QED) is 0.263. The Balaban J connectivity index is 1.86. The Hall–Kier alpha value is -3.86. The number of hydrogen-bond acceptors (Lipinski definition) is 6. The summed E-state index contributed by atoms with van der Waals surface area (Å²) in [5, 5.41) is 10.3. The predicted molar refractivity (Wildman–Crippen MR) is 115 cm³/mol. The van der Waals surface area contributed by atoms with Crippen LogP contribution in [0.3, 0.4) is 0 Å². The Labute approximate surface area is 188 Å². The van der Waals surface area contributed by atoms with Gasteiger partial charge in [0.25, 0.3) is 10.1 Å².